The molecule has 14 nitrogen and oxygen atoms in total. The fourth-order valence-electron chi connectivity index (χ4n) is 6.31. The zero-order valence-electron chi connectivity index (χ0n) is 32.3. The lowest BCUT2D eigenvalue weighted by Crippen LogP contribution is -2.59. The van der Waals surface area contributed by atoms with E-state index in [4.69, 9.17) is 33.2 Å². The standard InChI is InChI=1S/C42H45F2N3O11/c1-24(48)53-34-20-37(58-39(38(34)54-25(2)49)47-41(50)52-23-26-8-6-5-7-9-26)57-36-17-10-27(21-46-36)18-31(29-12-16-35(45-22-29)42(3,4)51)28-11-15-32(56-40(43)44)33(19-28)55-30-13-14-30/h5-12,15-17,19,21-22,30-31,34,37-40,51H,13-14,18,20,23H2,1-4H3,(H,47,50)/t31-,34?,37?,38?,39?/m0/s1. The predicted octanol–water partition coefficient (Wildman–Crippen LogP) is 6.46. The third-order valence-electron chi connectivity index (χ3n) is 9.19. The van der Waals surface area contributed by atoms with E-state index < -0.39 is 55.0 Å². The van der Waals surface area contributed by atoms with Gasteiger partial charge in [-0.15, -0.1) is 0 Å². The number of ether oxygens (including phenoxy) is 7. The van der Waals surface area contributed by atoms with E-state index in [-0.39, 0.29) is 42.4 Å². The summed E-state index contributed by atoms with van der Waals surface area (Å²) >= 11 is 0. The van der Waals surface area contributed by atoms with Crippen molar-refractivity contribution in [2.75, 3.05) is 0 Å². The number of esters is 2. The molecule has 0 radical (unpaired) electrons. The van der Waals surface area contributed by atoms with Gasteiger partial charge < -0.3 is 38.3 Å². The normalized spacial score (nSPS) is 19.7. The van der Waals surface area contributed by atoms with Crippen molar-refractivity contribution in [1.82, 2.24) is 15.3 Å². The SMILES string of the molecule is CC(=O)OC1CC(Oc2ccc(C[C@H](c3ccc(C(C)(C)O)nc3)c3ccc(OC(F)F)c(OC4CC4)c3)cn2)OC(NC(=O)OCc2ccccc2)C1OC(C)=O. The highest BCUT2D eigenvalue weighted by Gasteiger charge is 2.45. The monoisotopic (exact) mass is 805 g/mol. The van der Waals surface area contributed by atoms with Crippen LogP contribution in [-0.2, 0) is 47.2 Å². The molecule has 2 N–H and O–H groups in total. The third-order valence-corrected chi connectivity index (χ3v) is 9.19. The van der Waals surface area contributed by atoms with Crippen LogP contribution in [0, 0.1) is 0 Å². The summed E-state index contributed by atoms with van der Waals surface area (Å²) in [6, 6.07) is 20.8. The Hall–Kier alpha value is -5.87. The molecule has 0 spiro atoms. The molecular formula is C42H45F2N3O11. The average molecular weight is 806 g/mol. The quantitative estimate of drug-likeness (QED) is 0.0934. The lowest BCUT2D eigenvalue weighted by atomic mass is 9.86. The Labute approximate surface area is 333 Å². The molecule has 58 heavy (non-hydrogen) atoms. The van der Waals surface area contributed by atoms with Crippen molar-refractivity contribution < 1.29 is 61.4 Å². The number of alkyl halides is 2. The zero-order chi connectivity index (χ0) is 41.4. The summed E-state index contributed by atoms with van der Waals surface area (Å²) in [5.74, 6) is -1.44. The molecule has 4 aromatic rings. The van der Waals surface area contributed by atoms with Crippen molar-refractivity contribution in [2.45, 2.75) is 109 Å². The molecular weight excluding hydrogens is 760 g/mol. The number of alkyl carbamates (subject to hydrolysis) is 1. The number of amides is 1. The number of aliphatic hydroxyl groups is 1. The number of carbonyl (C=O) groups is 3. The van der Waals surface area contributed by atoms with Gasteiger partial charge in [0.05, 0.1) is 18.2 Å². The molecule has 2 aromatic carbocycles. The number of hydrogen-bond acceptors (Lipinski definition) is 13. The predicted molar refractivity (Wildman–Crippen MR) is 201 cm³/mol. The molecule has 1 aliphatic heterocycles. The van der Waals surface area contributed by atoms with Crippen molar-refractivity contribution in [3.05, 3.63) is 113 Å². The second kappa shape index (κ2) is 18.6. The summed E-state index contributed by atoms with van der Waals surface area (Å²) in [7, 11) is 0. The Bertz CT molecular complexity index is 2010. The lowest BCUT2D eigenvalue weighted by molar-refractivity contribution is -0.243. The Morgan fingerprint density at radius 1 is 0.879 bits per heavy atom. The van der Waals surface area contributed by atoms with Crippen LogP contribution >= 0.6 is 0 Å². The molecule has 2 fully saturated rings. The maximum Gasteiger partial charge on any atom is 0.409 e. The van der Waals surface area contributed by atoms with Gasteiger partial charge >= 0.3 is 24.6 Å². The summed E-state index contributed by atoms with van der Waals surface area (Å²) in [5, 5.41) is 13.1. The minimum Gasteiger partial charge on any atom is -0.487 e. The second-order valence-electron chi connectivity index (χ2n) is 14.5. The van der Waals surface area contributed by atoms with Gasteiger partial charge in [-0.05, 0) is 73.6 Å². The Morgan fingerprint density at radius 2 is 1.62 bits per heavy atom. The summed E-state index contributed by atoms with van der Waals surface area (Å²) in [6.45, 7) is 2.57. The van der Waals surface area contributed by atoms with Crippen LogP contribution in [0.5, 0.6) is 17.4 Å². The Morgan fingerprint density at radius 3 is 2.24 bits per heavy atom. The van der Waals surface area contributed by atoms with Gasteiger partial charge in [0, 0.05) is 38.2 Å². The molecule has 0 bridgehead atoms. The van der Waals surface area contributed by atoms with Gasteiger partial charge in [0.1, 0.15) is 18.3 Å². The Balaban J connectivity index is 1.21. The van der Waals surface area contributed by atoms with Crippen LogP contribution in [-0.4, -0.2) is 70.5 Å². The topological polar surface area (TPSA) is 174 Å². The van der Waals surface area contributed by atoms with E-state index in [0.29, 0.717) is 12.1 Å². The van der Waals surface area contributed by atoms with Gasteiger partial charge in [-0.3, -0.25) is 19.9 Å². The average Bonchev–Trinajstić information content (AvgIpc) is 3.99. The van der Waals surface area contributed by atoms with E-state index in [2.05, 4.69) is 15.3 Å². The summed E-state index contributed by atoms with van der Waals surface area (Å²) < 4.78 is 65.6. The number of nitrogens with zero attached hydrogens (tertiary/aromatic N) is 2. The highest BCUT2D eigenvalue weighted by Crippen LogP contribution is 2.39. The molecule has 5 atom stereocenters. The number of hydrogen-bond donors (Lipinski definition) is 2. The fourth-order valence-corrected chi connectivity index (χ4v) is 6.31. The van der Waals surface area contributed by atoms with Crippen molar-refractivity contribution in [3.8, 4) is 17.4 Å². The van der Waals surface area contributed by atoms with Gasteiger partial charge in [-0.1, -0.05) is 48.5 Å². The van der Waals surface area contributed by atoms with Gasteiger partial charge in [-0.2, -0.15) is 8.78 Å². The van der Waals surface area contributed by atoms with Crippen molar-refractivity contribution >= 4 is 18.0 Å². The van der Waals surface area contributed by atoms with Gasteiger partial charge in [0.25, 0.3) is 0 Å². The third kappa shape index (κ3) is 11.8. The number of carbonyl (C=O) groups excluding carboxylic acids is 3. The first-order chi connectivity index (χ1) is 27.7. The first kappa shape index (κ1) is 41.8. The van der Waals surface area contributed by atoms with Crippen molar-refractivity contribution in [2.24, 2.45) is 0 Å². The first-order valence-electron chi connectivity index (χ1n) is 18.7. The van der Waals surface area contributed by atoms with Crippen LogP contribution in [0.3, 0.4) is 0 Å². The highest BCUT2D eigenvalue weighted by atomic mass is 19.3. The highest BCUT2D eigenvalue weighted by molar-refractivity contribution is 5.69. The van der Waals surface area contributed by atoms with Gasteiger partial charge in [0.2, 0.25) is 12.2 Å². The second-order valence-corrected chi connectivity index (χ2v) is 14.5. The van der Waals surface area contributed by atoms with Gasteiger partial charge in [-0.25, -0.2) is 9.78 Å². The van der Waals surface area contributed by atoms with E-state index in [1.165, 1.54) is 19.9 Å². The molecule has 16 heteroatoms. The van der Waals surface area contributed by atoms with Crippen LogP contribution in [0.2, 0.25) is 0 Å². The van der Waals surface area contributed by atoms with Crippen LogP contribution in [0.25, 0.3) is 0 Å². The molecule has 308 valence electrons. The molecule has 1 saturated carbocycles. The minimum absolute atomic E-state index is 0.0431. The number of rotatable bonds is 16. The molecule has 2 aromatic heterocycles. The van der Waals surface area contributed by atoms with Crippen molar-refractivity contribution in [1.29, 1.82) is 0 Å². The molecule has 3 heterocycles. The molecule has 6 rings (SSSR count). The molecule has 1 amide bonds. The van der Waals surface area contributed by atoms with E-state index in [1.807, 2.05) is 12.1 Å². The summed E-state index contributed by atoms with van der Waals surface area (Å²) in [5.41, 5.74) is 2.33. The smallest absolute Gasteiger partial charge is 0.409 e. The number of aromatic nitrogens is 2. The van der Waals surface area contributed by atoms with Crippen LogP contribution < -0.4 is 19.5 Å². The molecule has 1 saturated heterocycles. The fraction of sp³-hybridized carbons (Fsp3) is 0.405. The van der Waals surface area contributed by atoms with Crippen LogP contribution in [0.15, 0.2) is 85.2 Å². The van der Waals surface area contributed by atoms with Crippen LogP contribution in [0.4, 0.5) is 13.6 Å². The molecule has 2 aliphatic rings. The van der Waals surface area contributed by atoms with E-state index in [9.17, 15) is 28.3 Å². The largest absolute Gasteiger partial charge is 0.487 e. The number of halogens is 2. The summed E-state index contributed by atoms with van der Waals surface area (Å²) in [4.78, 5) is 46.0. The molecule has 4 unspecified atom stereocenters. The number of pyridine rings is 2. The van der Waals surface area contributed by atoms with E-state index in [1.54, 1.807) is 80.8 Å². The number of benzene rings is 2. The maximum atomic E-state index is 13.3. The number of nitrogens with one attached hydrogen (secondary N) is 1. The first-order valence-corrected chi connectivity index (χ1v) is 18.7. The lowest BCUT2D eigenvalue weighted by Gasteiger charge is -2.39. The minimum atomic E-state index is -3.03. The zero-order valence-corrected chi connectivity index (χ0v) is 32.3. The van der Waals surface area contributed by atoms with Crippen molar-refractivity contribution in [3.63, 3.8) is 0 Å². The molecule has 1 aliphatic carbocycles. The van der Waals surface area contributed by atoms with Gasteiger partial charge in [0.15, 0.2) is 23.8 Å². The van der Waals surface area contributed by atoms with E-state index in [0.717, 1.165) is 35.1 Å². The summed E-state index contributed by atoms with van der Waals surface area (Å²) in [6.07, 6.45) is -0.524. The van der Waals surface area contributed by atoms with E-state index >= 15 is 0 Å². The Kier molecular flexibility index (Phi) is 13.4. The van der Waals surface area contributed by atoms with Crippen LogP contribution in [0.1, 0.15) is 80.8 Å². The maximum absolute atomic E-state index is 13.3.